The number of hydrogen-bond donors (Lipinski definition) is 1. The van der Waals surface area contributed by atoms with Gasteiger partial charge < -0.3 is 10.6 Å². The van der Waals surface area contributed by atoms with Gasteiger partial charge >= 0.3 is 0 Å². The first-order valence-electron chi connectivity index (χ1n) is 7.41. The highest BCUT2D eigenvalue weighted by molar-refractivity contribution is 6.33. The van der Waals surface area contributed by atoms with E-state index in [2.05, 4.69) is 9.88 Å². The molecule has 1 aromatic heterocycles. The van der Waals surface area contributed by atoms with E-state index in [4.69, 9.17) is 17.3 Å². The third-order valence-corrected chi connectivity index (χ3v) is 5.10. The molecule has 1 saturated heterocycles. The number of halogens is 1. The summed E-state index contributed by atoms with van der Waals surface area (Å²) < 4.78 is 0. The quantitative estimate of drug-likeness (QED) is 0.903. The smallest absolute Gasteiger partial charge is 0.147 e. The fourth-order valence-electron chi connectivity index (χ4n) is 3.72. The normalized spacial score (nSPS) is 27.2. The van der Waals surface area contributed by atoms with Crippen LogP contribution in [0.2, 0.25) is 5.02 Å². The summed E-state index contributed by atoms with van der Waals surface area (Å²) in [5.41, 5.74) is 6.75. The van der Waals surface area contributed by atoms with Crippen LogP contribution >= 0.6 is 11.6 Å². The zero-order chi connectivity index (χ0) is 13.2. The van der Waals surface area contributed by atoms with E-state index in [0.717, 1.165) is 28.9 Å². The number of anilines is 1. The van der Waals surface area contributed by atoms with Gasteiger partial charge in [0, 0.05) is 25.3 Å². The fourth-order valence-corrected chi connectivity index (χ4v) is 4.01. The monoisotopic (exact) mass is 279 g/mol. The number of fused-ring (bicyclic) bond motifs is 1. The first kappa shape index (κ1) is 13.2. The Balaban J connectivity index is 1.91. The van der Waals surface area contributed by atoms with Gasteiger partial charge in [-0.25, -0.2) is 4.98 Å². The number of hydrogen-bond acceptors (Lipinski definition) is 3. The SMILES string of the molecule is NCc1ccnc(N2CCC[C@H]3CCCC[C@H]32)c1Cl. The van der Waals surface area contributed by atoms with Crippen molar-refractivity contribution in [1.82, 2.24) is 4.98 Å². The van der Waals surface area contributed by atoms with Crippen LogP contribution in [0.15, 0.2) is 12.3 Å². The lowest BCUT2D eigenvalue weighted by molar-refractivity contribution is 0.243. The molecule has 0 amide bonds. The van der Waals surface area contributed by atoms with Crippen molar-refractivity contribution in [3.8, 4) is 0 Å². The molecule has 0 bridgehead atoms. The Labute approximate surface area is 120 Å². The molecule has 2 N–H and O–H groups in total. The molecular formula is C15H22ClN3. The van der Waals surface area contributed by atoms with E-state index >= 15 is 0 Å². The highest BCUT2D eigenvalue weighted by Gasteiger charge is 2.34. The predicted octanol–water partition coefficient (Wildman–Crippen LogP) is 3.35. The summed E-state index contributed by atoms with van der Waals surface area (Å²) in [6, 6.07) is 2.56. The van der Waals surface area contributed by atoms with Crippen LogP contribution in [-0.2, 0) is 6.54 Å². The Hall–Kier alpha value is -0.800. The molecule has 1 aromatic rings. The molecule has 2 aliphatic rings. The molecule has 1 saturated carbocycles. The van der Waals surface area contributed by atoms with E-state index in [1.807, 2.05) is 12.3 Å². The number of nitrogens with two attached hydrogens (primary N) is 1. The van der Waals surface area contributed by atoms with Gasteiger partial charge in [-0.15, -0.1) is 0 Å². The van der Waals surface area contributed by atoms with Gasteiger partial charge in [-0.2, -0.15) is 0 Å². The van der Waals surface area contributed by atoms with Crippen LogP contribution < -0.4 is 10.6 Å². The third-order valence-electron chi connectivity index (χ3n) is 4.69. The summed E-state index contributed by atoms with van der Waals surface area (Å²) in [4.78, 5) is 6.99. The lowest BCUT2D eigenvalue weighted by Gasteiger charge is -2.45. The third kappa shape index (κ3) is 2.46. The number of pyridine rings is 1. The van der Waals surface area contributed by atoms with Crippen LogP contribution in [-0.4, -0.2) is 17.6 Å². The lowest BCUT2D eigenvalue weighted by Crippen LogP contribution is -2.47. The van der Waals surface area contributed by atoms with Crippen LogP contribution in [0.4, 0.5) is 5.82 Å². The predicted molar refractivity (Wildman–Crippen MR) is 79.5 cm³/mol. The summed E-state index contributed by atoms with van der Waals surface area (Å²) >= 11 is 6.49. The topological polar surface area (TPSA) is 42.1 Å². The van der Waals surface area contributed by atoms with Crippen molar-refractivity contribution in [2.24, 2.45) is 11.7 Å². The number of piperidine rings is 1. The first-order valence-corrected chi connectivity index (χ1v) is 7.79. The minimum Gasteiger partial charge on any atom is -0.352 e. The minimum atomic E-state index is 0.482. The standard InChI is InChI=1S/C15H22ClN3/c16-14-12(10-17)7-8-18-15(14)19-9-3-5-11-4-1-2-6-13(11)19/h7-8,11,13H,1-6,9-10,17H2/t11-,13-/m1/s1. The highest BCUT2D eigenvalue weighted by atomic mass is 35.5. The molecule has 4 heteroatoms. The molecule has 3 nitrogen and oxygen atoms in total. The number of rotatable bonds is 2. The molecule has 19 heavy (non-hydrogen) atoms. The van der Waals surface area contributed by atoms with E-state index in [0.29, 0.717) is 12.6 Å². The second kappa shape index (κ2) is 5.68. The maximum Gasteiger partial charge on any atom is 0.147 e. The van der Waals surface area contributed by atoms with Gasteiger partial charge in [-0.3, -0.25) is 0 Å². The van der Waals surface area contributed by atoms with E-state index in [1.165, 1.54) is 38.5 Å². The van der Waals surface area contributed by atoms with Crippen molar-refractivity contribution in [3.63, 3.8) is 0 Å². The van der Waals surface area contributed by atoms with E-state index in [9.17, 15) is 0 Å². The van der Waals surface area contributed by atoms with Crippen LogP contribution in [0.1, 0.15) is 44.1 Å². The van der Waals surface area contributed by atoms with Crippen molar-refractivity contribution < 1.29 is 0 Å². The van der Waals surface area contributed by atoms with Crippen LogP contribution in [0.25, 0.3) is 0 Å². The molecule has 0 spiro atoms. The Bertz CT molecular complexity index is 447. The van der Waals surface area contributed by atoms with Crippen LogP contribution in [0.3, 0.4) is 0 Å². The number of nitrogens with zero attached hydrogens (tertiary/aromatic N) is 2. The van der Waals surface area contributed by atoms with Gasteiger partial charge in [0.2, 0.25) is 0 Å². The Kier molecular flexibility index (Phi) is 3.94. The summed E-state index contributed by atoms with van der Waals surface area (Å²) in [6.07, 6.45) is 9.85. The minimum absolute atomic E-state index is 0.482. The summed E-state index contributed by atoms with van der Waals surface area (Å²) in [5.74, 6) is 1.79. The number of aromatic nitrogens is 1. The van der Waals surface area contributed by atoms with Crippen LogP contribution in [0, 0.1) is 5.92 Å². The second-order valence-corrected chi connectivity index (χ2v) is 6.14. The van der Waals surface area contributed by atoms with Crippen LogP contribution in [0.5, 0.6) is 0 Å². The van der Waals surface area contributed by atoms with E-state index in [-0.39, 0.29) is 0 Å². The van der Waals surface area contributed by atoms with Gasteiger partial charge in [0.05, 0.1) is 5.02 Å². The molecule has 2 fully saturated rings. The average Bonchev–Trinajstić information content (AvgIpc) is 2.47. The fraction of sp³-hybridized carbons (Fsp3) is 0.667. The van der Waals surface area contributed by atoms with Gasteiger partial charge in [-0.1, -0.05) is 24.4 Å². The molecule has 0 unspecified atom stereocenters. The van der Waals surface area contributed by atoms with Crippen molar-refractivity contribution in [2.75, 3.05) is 11.4 Å². The van der Waals surface area contributed by atoms with E-state index < -0.39 is 0 Å². The summed E-state index contributed by atoms with van der Waals surface area (Å²) in [6.45, 7) is 1.57. The Morgan fingerprint density at radius 2 is 2.05 bits per heavy atom. The molecule has 1 aliphatic carbocycles. The molecular weight excluding hydrogens is 258 g/mol. The Morgan fingerprint density at radius 3 is 2.89 bits per heavy atom. The van der Waals surface area contributed by atoms with Gasteiger partial charge in [0.15, 0.2) is 0 Å². The van der Waals surface area contributed by atoms with Crippen molar-refractivity contribution >= 4 is 17.4 Å². The first-order chi connectivity index (χ1) is 9.31. The van der Waals surface area contributed by atoms with Crippen molar-refractivity contribution in [3.05, 3.63) is 22.8 Å². The molecule has 2 heterocycles. The van der Waals surface area contributed by atoms with Crippen molar-refractivity contribution in [2.45, 2.75) is 51.1 Å². The second-order valence-electron chi connectivity index (χ2n) is 5.76. The molecule has 0 radical (unpaired) electrons. The molecule has 104 valence electrons. The summed E-state index contributed by atoms with van der Waals surface area (Å²) in [5, 5.41) is 0.760. The molecule has 0 aromatic carbocycles. The van der Waals surface area contributed by atoms with Gasteiger partial charge in [0.1, 0.15) is 5.82 Å². The Morgan fingerprint density at radius 1 is 1.26 bits per heavy atom. The zero-order valence-electron chi connectivity index (χ0n) is 11.3. The molecule has 2 atom stereocenters. The average molecular weight is 280 g/mol. The summed E-state index contributed by atoms with van der Waals surface area (Å²) in [7, 11) is 0. The lowest BCUT2D eigenvalue weighted by atomic mass is 9.78. The van der Waals surface area contributed by atoms with E-state index in [1.54, 1.807) is 0 Å². The molecule has 1 aliphatic heterocycles. The maximum absolute atomic E-state index is 6.49. The largest absolute Gasteiger partial charge is 0.352 e. The maximum atomic E-state index is 6.49. The molecule has 3 rings (SSSR count). The zero-order valence-corrected chi connectivity index (χ0v) is 12.1. The van der Waals surface area contributed by atoms with Gasteiger partial charge in [-0.05, 0) is 43.2 Å². The van der Waals surface area contributed by atoms with Crippen molar-refractivity contribution in [1.29, 1.82) is 0 Å². The highest BCUT2D eigenvalue weighted by Crippen LogP contribution is 2.39. The van der Waals surface area contributed by atoms with Gasteiger partial charge in [0.25, 0.3) is 0 Å².